The van der Waals surface area contributed by atoms with Gasteiger partial charge in [0.2, 0.25) is 11.9 Å². The van der Waals surface area contributed by atoms with Crippen molar-refractivity contribution < 1.29 is 37.1 Å². The molecule has 1 N–H and O–H groups in total. The number of carbonyl (C=O) groups excluding carboxylic acids is 3. The van der Waals surface area contributed by atoms with E-state index in [0.717, 1.165) is 21.9 Å². The molecule has 0 bridgehead atoms. The highest BCUT2D eigenvalue weighted by atomic mass is 35.5. The van der Waals surface area contributed by atoms with E-state index < -0.39 is 59.8 Å². The number of hydrogen-bond donors (Lipinski definition) is 1. The first kappa shape index (κ1) is 33.0. The van der Waals surface area contributed by atoms with Gasteiger partial charge in [-0.05, 0) is 49.4 Å². The van der Waals surface area contributed by atoms with Crippen molar-refractivity contribution in [3.8, 4) is 6.07 Å². The fourth-order valence-electron chi connectivity index (χ4n) is 5.98. The van der Waals surface area contributed by atoms with E-state index in [1.165, 1.54) is 24.4 Å². The Kier molecular flexibility index (Phi) is 9.69. The van der Waals surface area contributed by atoms with Gasteiger partial charge in [-0.3, -0.25) is 24.2 Å². The van der Waals surface area contributed by atoms with Crippen LogP contribution in [-0.2, 0) is 14.4 Å². The lowest BCUT2D eigenvalue weighted by Gasteiger charge is -2.35. The lowest BCUT2D eigenvalue weighted by atomic mass is 9.82. The second-order valence-electron chi connectivity index (χ2n) is 11.4. The number of rotatable bonds is 9. The molecule has 0 radical (unpaired) electrons. The number of ketones is 1. The molecule has 1 saturated heterocycles. The Labute approximate surface area is 266 Å². The molecule has 1 saturated carbocycles. The maximum atomic E-state index is 14.7. The highest BCUT2D eigenvalue weighted by Gasteiger charge is 2.49. The first-order valence-electron chi connectivity index (χ1n) is 14.6. The van der Waals surface area contributed by atoms with E-state index in [1.54, 1.807) is 18.2 Å². The Balaban J connectivity index is 1.59. The normalized spacial score (nSPS) is 20.3. The number of amides is 2. The molecule has 0 spiro atoms. The fraction of sp³-hybridized carbons (Fsp3) is 0.375. The van der Waals surface area contributed by atoms with E-state index in [4.69, 9.17) is 11.6 Å². The van der Waals surface area contributed by atoms with Crippen molar-refractivity contribution in [2.24, 2.45) is 5.92 Å². The molecule has 2 aliphatic rings. The van der Waals surface area contributed by atoms with Crippen LogP contribution in [0.3, 0.4) is 0 Å². The molecule has 2 amide bonds. The number of aliphatic hydroxyl groups excluding tert-OH is 1. The van der Waals surface area contributed by atoms with E-state index in [0.29, 0.717) is 6.07 Å². The summed E-state index contributed by atoms with van der Waals surface area (Å²) in [6.07, 6.45) is -1.20. The van der Waals surface area contributed by atoms with Crippen molar-refractivity contribution in [1.29, 1.82) is 5.26 Å². The van der Waals surface area contributed by atoms with Crippen molar-refractivity contribution in [3.63, 3.8) is 0 Å². The number of aliphatic hydroxyl groups is 1. The molecule has 2 heterocycles. The molecule has 3 aromatic rings. The summed E-state index contributed by atoms with van der Waals surface area (Å²) >= 11 is 6.53. The zero-order valence-corrected chi connectivity index (χ0v) is 25.0. The number of nitrogens with zero attached hydrogens (tertiary/aromatic N) is 5. The van der Waals surface area contributed by atoms with Crippen molar-refractivity contribution in [2.75, 3.05) is 9.80 Å². The molecular formula is C32H28ClF4N5O4. The summed E-state index contributed by atoms with van der Waals surface area (Å²) in [6, 6.07) is 8.23. The number of carbonyl (C=O) groups is 3. The van der Waals surface area contributed by atoms with Gasteiger partial charge in [-0.2, -0.15) is 5.26 Å². The van der Waals surface area contributed by atoms with Crippen LogP contribution in [0.15, 0.2) is 54.7 Å². The number of anilines is 2. The molecule has 9 nitrogen and oxygen atoms in total. The van der Waals surface area contributed by atoms with Gasteiger partial charge < -0.3 is 5.11 Å². The van der Waals surface area contributed by atoms with E-state index in [2.05, 4.69) is 9.97 Å². The van der Waals surface area contributed by atoms with Crippen LogP contribution in [0.5, 0.6) is 0 Å². The molecule has 1 aliphatic heterocycles. The smallest absolute Gasteiger partial charge is 0.259 e. The molecule has 1 aromatic heterocycles. The molecule has 5 rings (SSSR count). The molecule has 3 atom stereocenters. The van der Waals surface area contributed by atoms with E-state index >= 15 is 0 Å². The summed E-state index contributed by atoms with van der Waals surface area (Å²) in [5.41, 5.74) is -0.404. The fourth-order valence-corrected chi connectivity index (χ4v) is 6.21. The SMILES string of the molecule is N#Cc1ccnc(N2C(=O)[C@H](O)C[C@H]2C(=O)N(c2cc(F)cc(F)c2)[C@H](C(=O)CCC2CCC(F)(F)CC2)c2ccccc2Cl)n1. The standard InChI is InChI=1S/C32H28ClF4N5O4/c33-24-4-2-1-3-23(24)28(26(43)6-5-18-7-10-32(36,37)11-8-18)41(22-14-19(34)13-20(35)15-22)29(45)25-16-27(44)30(46)42(25)31-39-12-9-21(17-38)40-31/h1-4,9,12-15,18,25,27-28,44H,5-8,10-11,16H2/t25-,27+,28-/m0/s1. The first-order chi connectivity index (χ1) is 21.9. The summed E-state index contributed by atoms with van der Waals surface area (Å²) in [5.74, 6) is -8.03. The Morgan fingerprint density at radius 1 is 1.13 bits per heavy atom. The topological polar surface area (TPSA) is 127 Å². The van der Waals surface area contributed by atoms with Crippen molar-refractivity contribution >= 4 is 40.8 Å². The van der Waals surface area contributed by atoms with Crippen LogP contribution in [0.1, 0.15) is 62.2 Å². The van der Waals surface area contributed by atoms with Gasteiger partial charge in [-0.25, -0.2) is 27.5 Å². The number of alkyl halides is 2. The predicted octanol–water partition coefficient (Wildman–Crippen LogP) is 5.70. The van der Waals surface area contributed by atoms with Gasteiger partial charge in [0.15, 0.2) is 5.78 Å². The number of hydrogen-bond acceptors (Lipinski definition) is 7. The minimum atomic E-state index is -2.77. The zero-order chi connectivity index (χ0) is 33.2. The van der Waals surface area contributed by atoms with Gasteiger partial charge in [0.25, 0.3) is 11.8 Å². The maximum absolute atomic E-state index is 14.7. The number of halogens is 5. The second kappa shape index (κ2) is 13.5. The van der Waals surface area contributed by atoms with Crippen LogP contribution in [0, 0.1) is 28.9 Å². The Morgan fingerprint density at radius 3 is 2.46 bits per heavy atom. The summed E-state index contributed by atoms with van der Waals surface area (Å²) in [6.45, 7) is 0. The van der Waals surface area contributed by atoms with Crippen LogP contribution in [0.4, 0.5) is 29.2 Å². The number of aromatic nitrogens is 2. The third-order valence-corrected chi connectivity index (χ3v) is 8.64. The molecule has 0 unspecified atom stereocenters. The van der Waals surface area contributed by atoms with Crippen LogP contribution < -0.4 is 9.80 Å². The Morgan fingerprint density at radius 2 is 1.80 bits per heavy atom. The number of nitriles is 1. The van der Waals surface area contributed by atoms with Crippen molar-refractivity contribution in [1.82, 2.24) is 9.97 Å². The minimum absolute atomic E-state index is 0.0530. The lowest BCUT2D eigenvalue weighted by molar-refractivity contribution is -0.126. The van der Waals surface area contributed by atoms with E-state index in [1.807, 2.05) is 0 Å². The number of Topliss-reactive ketones (excluding diaryl/α,β-unsaturated/α-hetero) is 1. The van der Waals surface area contributed by atoms with Gasteiger partial charge in [0.1, 0.15) is 41.6 Å². The van der Waals surface area contributed by atoms with Crippen LogP contribution in [-0.4, -0.2) is 50.7 Å². The van der Waals surface area contributed by atoms with Crippen LogP contribution in [0.25, 0.3) is 0 Å². The lowest BCUT2D eigenvalue weighted by Crippen LogP contribution is -2.50. The quantitative estimate of drug-likeness (QED) is 0.293. The van der Waals surface area contributed by atoms with Crippen molar-refractivity contribution in [3.05, 3.63) is 82.6 Å². The Bertz CT molecular complexity index is 1670. The molecule has 14 heteroatoms. The largest absolute Gasteiger partial charge is 0.383 e. The predicted molar refractivity (Wildman–Crippen MR) is 158 cm³/mol. The second-order valence-corrected chi connectivity index (χ2v) is 11.8. The van der Waals surface area contributed by atoms with Crippen LogP contribution >= 0.6 is 11.6 Å². The first-order valence-corrected chi connectivity index (χ1v) is 14.9. The van der Waals surface area contributed by atoms with Gasteiger partial charge >= 0.3 is 0 Å². The summed E-state index contributed by atoms with van der Waals surface area (Å²) < 4.78 is 56.9. The summed E-state index contributed by atoms with van der Waals surface area (Å²) in [5, 5.41) is 19.9. The molecule has 1 aliphatic carbocycles. The molecule has 46 heavy (non-hydrogen) atoms. The highest BCUT2D eigenvalue weighted by molar-refractivity contribution is 6.31. The highest BCUT2D eigenvalue weighted by Crippen LogP contribution is 2.40. The van der Waals surface area contributed by atoms with Gasteiger partial charge in [0.05, 0.1) is 5.69 Å². The monoisotopic (exact) mass is 657 g/mol. The summed E-state index contributed by atoms with van der Waals surface area (Å²) in [4.78, 5) is 51.5. The molecular weight excluding hydrogens is 630 g/mol. The van der Waals surface area contributed by atoms with E-state index in [9.17, 15) is 42.3 Å². The molecule has 2 aromatic carbocycles. The van der Waals surface area contributed by atoms with E-state index in [-0.39, 0.29) is 72.4 Å². The zero-order valence-electron chi connectivity index (χ0n) is 24.3. The average Bonchev–Trinajstić information content (AvgIpc) is 3.32. The summed E-state index contributed by atoms with van der Waals surface area (Å²) in [7, 11) is 0. The average molecular weight is 658 g/mol. The minimum Gasteiger partial charge on any atom is -0.383 e. The van der Waals surface area contributed by atoms with Gasteiger partial charge in [-0.15, -0.1) is 0 Å². The third-order valence-electron chi connectivity index (χ3n) is 8.30. The van der Waals surface area contributed by atoms with Crippen molar-refractivity contribution in [2.45, 2.75) is 69.1 Å². The van der Waals surface area contributed by atoms with Gasteiger partial charge in [-0.1, -0.05) is 29.8 Å². The Hall–Kier alpha value is -4.41. The van der Waals surface area contributed by atoms with Gasteiger partial charge in [0, 0.05) is 48.5 Å². The van der Waals surface area contributed by atoms with Crippen LogP contribution in [0.2, 0.25) is 5.02 Å². The third kappa shape index (κ3) is 7.03. The maximum Gasteiger partial charge on any atom is 0.259 e. The molecule has 240 valence electrons. The number of benzene rings is 2. The molecule has 2 fully saturated rings.